The predicted molar refractivity (Wildman–Crippen MR) is 118 cm³/mol. The van der Waals surface area contributed by atoms with Crippen molar-refractivity contribution < 1.29 is 0 Å². The van der Waals surface area contributed by atoms with Gasteiger partial charge in [-0.2, -0.15) is 0 Å². The molecular weight excluding hydrogens is 314 g/mol. The molecule has 0 fully saturated rings. The van der Waals surface area contributed by atoms with E-state index in [0.29, 0.717) is 0 Å². The molecule has 1 aromatic carbocycles. The lowest BCUT2D eigenvalue weighted by atomic mass is 9.97. The highest BCUT2D eigenvalue weighted by atomic mass is 15.1. The van der Waals surface area contributed by atoms with Gasteiger partial charge in [-0.3, -0.25) is 0 Å². The highest BCUT2D eigenvalue weighted by Crippen LogP contribution is 2.18. The first-order valence-corrected chi connectivity index (χ1v) is 11.6. The Labute approximate surface area is 164 Å². The lowest BCUT2D eigenvalue weighted by molar-refractivity contribution is 0.176. The lowest BCUT2D eigenvalue weighted by Crippen LogP contribution is -2.38. The van der Waals surface area contributed by atoms with Crippen molar-refractivity contribution in [3.05, 3.63) is 35.9 Å². The Morgan fingerprint density at radius 2 is 1.19 bits per heavy atom. The molecular formula is C25H45N. The minimum Gasteiger partial charge on any atom is -0.300 e. The monoisotopic (exact) mass is 359 g/mol. The normalized spacial score (nSPS) is 12.6. The molecule has 1 rings (SSSR count). The third-order valence-electron chi connectivity index (χ3n) is 5.57. The minimum absolute atomic E-state index is 0.728. The summed E-state index contributed by atoms with van der Waals surface area (Å²) in [5.41, 5.74) is 1.51. The number of benzene rings is 1. The third-order valence-corrected chi connectivity index (χ3v) is 5.57. The van der Waals surface area contributed by atoms with E-state index in [1.165, 1.54) is 102 Å². The second-order valence-corrected chi connectivity index (χ2v) is 8.00. The summed E-state index contributed by atoms with van der Waals surface area (Å²) in [7, 11) is 0. The molecule has 0 heterocycles. The summed E-state index contributed by atoms with van der Waals surface area (Å²) in [5, 5.41) is 0. The van der Waals surface area contributed by atoms with Crippen LogP contribution in [0.5, 0.6) is 0 Å². The van der Waals surface area contributed by atoms with Crippen molar-refractivity contribution in [2.24, 2.45) is 0 Å². The Morgan fingerprint density at radius 3 is 1.77 bits per heavy atom. The van der Waals surface area contributed by atoms with E-state index in [4.69, 9.17) is 0 Å². The molecule has 0 N–H and O–H groups in total. The fraction of sp³-hybridized carbons (Fsp3) is 0.760. The van der Waals surface area contributed by atoms with E-state index in [0.717, 1.165) is 6.04 Å². The van der Waals surface area contributed by atoms with Gasteiger partial charge in [-0.15, -0.1) is 0 Å². The quantitative estimate of drug-likeness (QED) is 0.258. The van der Waals surface area contributed by atoms with E-state index in [-0.39, 0.29) is 0 Å². The molecule has 1 atom stereocenters. The van der Waals surface area contributed by atoms with Crippen LogP contribution in [-0.4, -0.2) is 24.0 Å². The number of nitrogens with zero attached hydrogens (tertiary/aromatic N) is 1. The molecule has 0 aliphatic carbocycles. The summed E-state index contributed by atoms with van der Waals surface area (Å²) in [6.45, 7) is 9.51. The Morgan fingerprint density at radius 1 is 0.654 bits per heavy atom. The van der Waals surface area contributed by atoms with Crippen LogP contribution in [0.3, 0.4) is 0 Å². The van der Waals surface area contributed by atoms with Gasteiger partial charge in [0.05, 0.1) is 0 Å². The fourth-order valence-electron chi connectivity index (χ4n) is 3.84. The SMILES string of the molecule is CCCCCCCCCC(Cc1ccccc1)N(CCCC)CCCC. The van der Waals surface area contributed by atoms with Crippen molar-refractivity contribution in [2.45, 2.75) is 110 Å². The van der Waals surface area contributed by atoms with Gasteiger partial charge in [-0.05, 0) is 44.3 Å². The molecule has 150 valence electrons. The van der Waals surface area contributed by atoms with Gasteiger partial charge in [0, 0.05) is 6.04 Å². The smallest absolute Gasteiger partial charge is 0.0136 e. The Balaban J connectivity index is 2.54. The third kappa shape index (κ3) is 11.0. The van der Waals surface area contributed by atoms with Crippen LogP contribution in [0.4, 0.5) is 0 Å². The topological polar surface area (TPSA) is 3.24 Å². The summed E-state index contributed by atoms with van der Waals surface area (Å²) in [6.07, 6.45) is 17.8. The molecule has 1 aromatic rings. The van der Waals surface area contributed by atoms with Crippen LogP contribution in [0.15, 0.2) is 30.3 Å². The van der Waals surface area contributed by atoms with Crippen molar-refractivity contribution >= 4 is 0 Å². The molecule has 1 unspecified atom stereocenters. The van der Waals surface area contributed by atoms with Crippen molar-refractivity contribution in [1.29, 1.82) is 0 Å². The highest BCUT2D eigenvalue weighted by Gasteiger charge is 2.18. The number of rotatable bonds is 17. The largest absolute Gasteiger partial charge is 0.300 e. The summed E-state index contributed by atoms with van der Waals surface area (Å²) in [5.74, 6) is 0. The maximum Gasteiger partial charge on any atom is 0.0136 e. The molecule has 26 heavy (non-hydrogen) atoms. The molecule has 0 aliphatic rings. The molecule has 0 amide bonds. The van der Waals surface area contributed by atoms with Gasteiger partial charge < -0.3 is 4.90 Å². The van der Waals surface area contributed by atoms with E-state index >= 15 is 0 Å². The summed E-state index contributed by atoms with van der Waals surface area (Å²) < 4.78 is 0. The van der Waals surface area contributed by atoms with Gasteiger partial charge in [0.25, 0.3) is 0 Å². The molecule has 0 aliphatic heterocycles. The van der Waals surface area contributed by atoms with Crippen LogP contribution in [0, 0.1) is 0 Å². The number of hydrogen-bond donors (Lipinski definition) is 0. The highest BCUT2D eigenvalue weighted by molar-refractivity contribution is 5.16. The van der Waals surface area contributed by atoms with Crippen molar-refractivity contribution in [1.82, 2.24) is 4.90 Å². The van der Waals surface area contributed by atoms with Gasteiger partial charge >= 0.3 is 0 Å². The van der Waals surface area contributed by atoms with E-state index in [2.05, 4.69) is 56.0 Å². The maximum absolute atomic E-state index is 2.82. The van der Waals surface area contributed by atoms with Crippen LogP contribution in [-0.2, 0) is 6.42 Å². The van der Waals surface area contributed by atoms with Crippen molar-refractivity contribution in [3.63, 3.8) is 0 Å². The van der Waals surface area contributed by atoms with Gasteiger partial charge in [0.2, 0.25) is 0 Å². The first-order chi connectivity index (χ1) is 12.8. The Kier molecular flexibility index (Phi) is 14.6. The molecule has 0 bridgehead atoms. The number of unbranched alkanes of at least 4 members (excludes halogenated alkanes) is 8. The predicted octanol–water partition coefficient (Wildman–Crippen LogP) is 7.64. The summed E-state index contributed by atoms with van der Waals surface area (Å²) in [4.78, 5) is 2.82. The van der Waals surface area contributed by atoms with Crippen LogP contribution in [0.1, 0.15) is 103 Å². The second kappa shape index (κ2) is 16.4. The van der Waals surface area contributed by atoms with E-state index in [1.54, 1.807) is 0 Å². The molecule has 0 saturated heterocycles. The standard InChI is InChI=1S/C25H45N/c1-4-7-10-11-12-13-17-20-25(23-24-18-15-14-16-19-24)26(21-8-5-2)22-9-6-3/h14-16,18-19,25H,4-13,17,20-23H2,1-3H3. The zero-order valence-corrected chi connectivity index (χ0v) is 18.0. The lowest BCUT2D eigenvalue weighted by Gasteiger charge is -2.32. The van der Waals surface area contributed by atoms with E-state index in [9.17, 15) is 0 Å². The first-order valence-electron chi connectivity index (χ1n) is 11.6. The average molecular weight is 360 g/mol. The van der Waals surface area contributed by atoms with E-state index in [1.807, 2.05) is 0 Å². The molecule has 1 heteroatoms. The van der Waals surface area contributed by atoms with Crippen LogP contribution < -0.4 is 0 Å². The van der Waals surface area contributed by atoms with Crippen molar-refractivity contribution in [3.8, 4) is 0 Å². The number of hydrogen-bond acceptors (Lipinski definition) is 1. The molecule has 1 nitrogen and oxygen atoms in total. The van der Waals surface area contributed by atoms with Crippen molar-refractivity contribution in [2.75, 3.05) is 13.1 Å². The summed E-state index contributed by atoms with van der Waals surface area (Å²) >= 11 is 0. The summed E-state index contributed by atoms with van der Waals surface area (Å²) in [6, 6.07) is 11.9. The molecule has 0 aromatic heterocycles. The van der Waals surface area contributed by atoms with Gasteiger partial charge in [0.15, 0.2) is 0 Å². The van der Waals surface area contributed by atoms with Gasteiger partial charge in [-0.25, -0.2) is 0 Å². The van der Waals surface area contributed by atoms with Gasteiger partial charge in [-0.1, -0.05) is 109 Å². The Hall–Kier alpha value is -0.820. The molecule has 0 radical (unpaired) electrons. The van der Waals surface area contributed by atoms with Crippen LogP contribution in [0.2, 0.25) is 0 Å². The molecule has 0 saturated carbocycles. The second-order valence-electron chi connectivity index (χ2n) is 8.00. The van der Waals surface area contributed by atoms with Crippen LogP contribution in [0.25, 0.3) is 0 Å². The Bertz CT molecular complexity index is 392. The van der Waals surface area contributed by atoms with E-state index < -0.39 is 0 Å². The average Bonchev–Trinajstić information content (AvgIpc) is 2.67. The van der Waals surface area contributed by atoms with Crippen LogP contribution >= 0.6 is 0 Å². The zero-order chi connectivity index (χ0) is 18.9. The minimum atomic E-state index is 0.728. The zero-order valence-electron chi connectivity index (χ0n) is 18.0. The fourth-order valence-corrected chi connectivity index (χ4v) is 3.84. The first kappa shape index (κ1) is 23.2. The molecule has 0 spiro atoms. The maximum atomic E-state index is 2.82. The van der Waals surface area contributed by atoms with Gasteiger partial charge in [0.1, 0.15) is 0 Å².